The van der Waals surface area contributed by atoms with E-state index < -0.39 is 23.2 Å². The van der Waals surface area contributed by atoms with Crippen LogP contribution in [0.1, 0.15) is 118 Å². The van der Waals surface area contributed by atoms with E-state index >= 15 is 0 Å². The van der Waals surface area contributed by atoms with Crippen molar-refractivity contribution in [3.05, 3.63) is 53.5 Å². The van der Waals surface area contributed by atoms with Crippen LogP contribution in [-0.4, -0.2) is 71.5 Å². The number of carbonyl (C=O) groups is 2. The van der Waals surface area contributed by atoms with Crippen molar-refractivity contribution in [3.8, 4) is 0 Å². The maximum absolute atomic E-state index is 14.0. The summed E-state index contributed by atoms with van der Waals surface area (Å²) in [6, 6.07) is 3.36. The normalized spacial score (nSPS) is 42.5. The largest absolute Gasteiger partial charge is 0.389 e. The average molecular weight is 764 g/mol. The van der Waals surface area contributed by atoms with Crippen molar-refractivity contribution in [3.63, 3.8) is 0 Å². The van der Waals surface area contributed by atoms with E-state index in [0.29, 0.717) is 49.9 Å². The Kier molecular flexibility index (Phi) is 9.20. The zero-order valence-electron chi connectivity index (χ0n) is 33.7. The van der Waals surface area contributed by atoms with Gasteiger partial charge < -0.3 is 29.1 Å². The number of ether oxygens (including phenoxy) is 3. The van der Waals surface area contributed by atoms with E-state index in [-0.39, 0.29) is 70.8 Å². The van der Waals surface area contributed by atoms with E-state index in [1.54, 1.807) is 10.8 Å². The monoisotopic (exact) mass is 763 g/mol. The summed E-state index contributed by atoms with van der Waals surface area (Å²) in [4.78, 5) is 29.3. The molecule has 8 fully saturated rings. The number of halogens is 2. The highest BCUT2D eigenvalue weighted by atomic mass is 19.1. The summed E-state index contributed by atoms with van der Waals surface area (Å²) in [5.41, 5.74) is 0.0349. The SMILES string of the molecule is CC(=O)N(C[C]1C[C@@H](C)[C@H]2[C](O1)[C@H](O)[C@@]1(C)[C]3CC[C@H]4C(C)(C)C(O[C@H]5CN(C(=O)CC6CC6)CCO5)CC[C@@]45C[C@@]35CC[C@]21C)Cc1cc(F)cc(F)c1. The van der Waals surface area contributed by atoms with Crippen molar-refractivity contribution < 1.29 is 37.7 Å². The second-order valence-electron chi connectivity index (χ2n) is 20.1. The lowest BCUT2D eigenvalue weighted by Gasteiger charge is -2.63. The van der Waals surface area contributed by atoms with Crippen LogP contribution in [-0.2, 0) is 30.3 Å². The van der Waals surface area contributed by atoms with Crippen molar-refractivity contribution in [2.24, 2.45) is 50.7 Å². The first kappa shape index (κ1) is 38.4. The molecule has 2 amide bonds. The number of morpholine rings is 1. The Morgan fingerprint density at radius 1 is 1.02 bits per heavy atom. The first-order valence-electron chi connectivity index (χ1n) is 21.2. The van der Waals surface area contributed by atoms with Gasteiger partial charge in [-0.15, -0.1) is 0 Å². The van der Waals surface area contributed by atoms with Crippen molar-refractivity contribution in [1.29, 1.82) is 0 Å². The lowest BCUT2D eigenvalue weighted by molar-refractivity contribution is -0.242. The Morgan fingerprint density at radius 3 is 2.47 bits per heavy atom. The van der Waals surface area contributed by atoms with Crippen LogP contribution < -0.4 is 0 Å². The smallest absolute Gasteiger partial charge is 0.223 e. The van der Waals surface area contributed by atoms with Gasteiger partial charge in [-0.3, -0.25) is 9.59 Å². The first-order valence-corrected chi connectivity index (χ1v) is 21.2. The van der Waals surface area contributed by atoms with Gasteiger partial charge in [0.2, 0.25) is 11.8 Å². The highest BCUT2D eigenvalue weighted by molar-refractivity contribution is 5.77. The summed E-state index contributed by atoms with van der Waals surface area (Å²) in [7, 11) is 0. The predicted molar refractivity (Wildman–Crippen MR) is 201 cm³/mol. The van der Waals surface area contributed by atoms with E-state index in [0.717, 1.165) is 56.8 Å². The zero-order valence-corrected chi connectivity index (χ0v) is 33.7. The summed E-state index contributed by atoms with van der Waals surface area (Å²) >= 11 is 0. The number of carbonyl (C=O) groups excluding carboxylic acids is 2. The first-order chi connectivity index (χ1) is 26.0. The van der Waals surface area contributed by atoms with E-state index in [4.69, 9.17) is 14.2 Å². The summed E-state index contributed by atoms with van der Waals surface area (Å²) in [6.07, 6.45) is 11.5. The van der Waals surface area contributed by atoms with Crippen LogP contribution in [0.2, 0.25) is 0 Å². The summed E-state index contributed by atoms with van der Waals surface area (Å²) in [5, 5.41) is 12.6. The topological polar surface area (TPSA) is 88.5 Å². The Bertz CT molecular complexity index is 1680. The van der Waals surface area contributed by atoms with Crippen LogP contribution in [0, 0.1) is 80.5 Å². The van der Waals surface area contributed by atoms with Gasteiger partial charge in [0, 0.05) is 43.8 Å². The molecule has 1 aromatic rings. The molecule has 10 atom stereocenters. The Balaban J connectivity index is 0.904. The number of hydrogen-bond donors (Lipinski definition) is 1. The maximum Gasteiger partial charge on any atom is 0.223 e. The molecule has 2 heterocycles. The molecule has 1 N–H and O–H groups in total. The molecule has 1 aromatic carbocycles. The number of rotatable bonds is 8. The number of amides is 2. The molecule has 0 aromatic heterocycles. The minimum atomic E-state index is -0.758. The standard InChI is InChI=1S/C45H61F2N2O6/c1-26-17-32(23-49(27(2)50)22-29-18-30(46)21-31(47)19-29)54-39-38(26)42(5)13-14-45-25-44(45)12-11-35(41(3,4)33(44)9-10-34(45)43(42,6)40(39)52)55-37-24-48(15-16-53-37)36(51)20-28-7-8-28/h18-19,21,26,28,33,35,37-38,40,52H,7-17,20,22-25H2,1-6H3/t26-,33+,35?,37+,38+,40+,42-,43-,44-,45+/m1/s1. The van der Waals surface area contributed by atoms with Crippen LogP contribution in [0.3, 0.4) is 0 Å². The van der Waals surface area contributed by atoms with Gasteiger partial charge in [-0.05, 0) is 127 Å². The molecule has 301 valence electrons. The fourth-order valence-electron chi connectivity index (χ4n) is 14.1. The minimum absolute atomic E-state index is 0.0585. The second-order valence-corrected chi connectivity index (χ2v) is 20.1. The van der Waals surface area contributed by atoms with Crippen molar-refractivity contribution in [1.82, 2.24) is 9.80 Å². The fraction of sp³-hybridized carbons (Fsp3) is 0.756. The van der Waals surface area contributed by atoms with Crippen molar-refractivity contribution >= 4 is 11.8 Å². The molecule has 2 spiro atoms. The molecule has 8 aliphatic rings. The van der Waals surface area contributed by atoms with Crippen molar-refractivity contribution in [2.45, 2.75) is 137 Å². The number of aliphatic hydroxyl groups excluding tert-OH is 1. The molecule has 3 radical (unpaired) electrons. The molecule has 1 unspecified atom stereocenters. The molecule has 6 saturated carbocycles. The van der Waals surface area contributed by atoms with E-state index in [2.05, 4.69) is 34.6 Å². The summed E-state index contributed by atoms with van der Waals surface area (Å²) in [6.45, 7) is 15.2. The van der Waals surface area contributed by atoms with E-state index in [1.165, 1.54) is 38.3 Å². The summed E-state index contributed by atoms with van der Waals surface area (Å²) < 4.78 is 47.8. The predicted octanol–water partition coefficient (Wildman–Crippen LogP) is 7.78. The van der Waals surface area contributed by atoms with Crippen LogP contribution in [0.25, 0.3) is 0 Å². The Morgan fingerprint density at radius 2 is 1.76 bits per heavy atom. The van der Waals surface area contributed by atoms with Gasteiger partial charge in [0.15, 0.2) is 6.29 Å². The number of fused-ring (bicyclic) bond motifs is 4. The second kappa shape index (κ2) is 13.2. The van der Waals surface area contributed by atoms with Gasteiger partial charge in [0.25, 0.3) is 0 Å². The molecule has 55 heavy (non-hydrogen) atoms. The number of aliphatic hydroxyl groups is 1. The average Bonchev–Trinajstić information content (AvgIpc) is 4.04. The molecule has 0 bridgehead atoms. The molecule has 8 nitrogen and oxygen atoms in total. The maximum atomic E-state index is 14.0. The van der Waals surface area contributed by atoms with E-state index in [9.17, 15) is 23.5 Å². The fourth-order valence-corrected chi connectivity index (χ4v) is 14.1. The molecule has 10 heteroatoms. The lowest BCUT2D eigenvalue weighted by atomic mass is 9.41. The Hall–Kier alpha value is -2.14. The molecule has 9 rings (SSSR count). The molecule has 6 aliphatic carbocycles. The Labute approximate surface area is 326 Å². The quantitative estimate of drug-likeness (QED) is 0.291. The highest BCUT2D eigenvalue weighted by Gasteiger charge is 2.85. The van der Waals surface area contributed by atoms with Gasteiger partial charge >= 0.3 is 0 Å². The van der Waals surface area contributed by atoms with Crippen LogP contribution in [0.15, 0.2) is 18.2 Å². The van der Waals surface area contributed by atoms with E-state index in [1.807, 2.05) is 4.90 Å². The third-order valence-corrected chi connectivity index (χ3v) is 17.0. The number of hydrogen-bond acceptors (Lipinski definition) is 6. The van der Waals surface area contributed by atoms with Crippen LogP contribution >= 0.6 is 0 Å². The minimum Gasteiger partial charge on any atom is -0.389 e. The van der Waals surface area contributed by atoms with Gasteiger partial charge in [-0.25, -0.2) is 8.78 Å². The van der Waals surface area contributed by atoms with Gasteiger partial charge in [-0.1, -0.05) is 34.6 Å². The van der Waals surface area contributed by atoms with Gasteiger partial charge in [0.05, 0.1) is 31.9 Å². The molecule has 2 saturated heterocycles. The zero-order chi connectivity index (χ0) is 38.9. The summed E-state index contributed by atoms with van der Waals surface area (Å²) in [5.74, 6) is 1.61. The molecular formula is C45H61F2N2O6. The molecular weight excluding hydrogens is 702 g/mol. The van der Waals surface area contributed by atoms with Crippen LogP contribution in [0.5, 0.6) is 0 Å². The number of benzene rings is 1. The highest BCUT2D eigenvalue weighted by Crippen LogP contribution is 2.90. The van der Waals surface area contributed by atoms with Gasteiger partial charge in [0.1, 0.15) is 23.8 Å². The van der Waals surface area contributed by atoms with Crippen molar-refractivity contribution in [2.75, 3.05) is 26.2 Å². The number of nitrogens with zero attached hydrogens (tertiary/aromatic N) is 2. The van der Waals surface area contributed by atoms with Crippen LogP contribution in [0.4, 0.5) is 8.78 Å². The third kappa shape index (κ3) is 5.82. The molecule has 2 aliphatic heterocycles. The third-order valence-electron chi connectivity index (χ3n) is 17.0. The lowest BCUT2D eigenvalue weighted by Crippen LogP contribution is -2.59. The van der Waals surface area contributed by atoms with Gasteiger partial charge in [-0.2, -0.15) is 0 Å².